The molecule has 11 heteroatoms. The van der Waals surface area contributed by atoms with Crippen LogP contribution in [-0.2, 0) is 11.2 Å². The van der Waals surface area contributed by atoms with E-state index in [1.54, 1.807) is 0 Å². The Morgan fingerprint density at radius 3 is 2.77 bits per heavy atom. The maximum absolute atomic E-state index is 14.6. The first-order valence-electron chi connectivity index (χ1n) is 12.5. The van der Waals surface area contributed by atoms with Gasteiger partial charge in [-0.15, -0.1) is 0 Å². The first-order valence-corrected chi connectivity index (χ1v) is 8.54. The Balaban J connectivity index is 2.03. The second-order valence-corrected chi connectivity index (χ2v) is 6.00. The van der Waals surface area contributed by atoms with Crippen molar-refractivity contribution in [2.24, 2.45) is 0 Å². The van der Waals surface area contributed by atoms with E-state index in [9.17, 15) is 9.18 Å². The maximum Gasteiger partial charge on any atom is 0.413 e. The normalized spacial score (nSPS) is 15.5. The van der Waals surface area contributed by atoms with E-state index in [2.05, 4.69) is 24.8 Å². The average Bonchev–Trinajstić information content (AvgIpc) is 3.24. The number of fused-ring (bicyclic) bond motifs is 1. The summed E-state index contributed by atoms with van der Waals surface area (Å²) in [5.41, 5.74) is 10.1. The van der Waals surface area contributed by atoms with Crippen LogP contribution in [0, 0.1) is 5.82 Å². The molecule has 0 atom stereocenters. The molecular weight excluding hydrogens is 403 g/mol. The van der Waals surface area contributed by atoms with Gasteiger partial charge in [0.2, 0.25) is 0 Å². The number of carbonyl (C=O) groups excluding carboxylic acids is 1. The first kappa shape index (κ1) is 12.4. The van der Waals surface area contributed by atoms with Crippen molar-refractivity contribution >= 4 is 34.4 Å². The van der Waals surface area contributed by atoms with Gasteiger partial charge in [-0.25, -0.2) is 28.8 Å². The number of hydrogen-bond acceptors (Lipinski definition) is 8. The molecule has 1 aromatic carbocycles. The molecule has 0 saturated carbocycles. The molecule has 10 nitrogen and oxygen atoms in total. The summed E-state index contributed by atoms with van der Waals surface area (Å²) in [5.74, 6) is -2.59. The monoisotopic (exact) mass is 430 g/mol. The van der Waals surface area contributed by atoms with E-state index in [0.717, 1.165) is 13.2 Å². The van der Waals surface area contributed by atoms with Gasteiger partial charge >= 0.3 is 6.09 Å². The number of nitrogen functional groups attached to an aromatic ring is 2. The number of halogens is 1. The van der Waals surface area contributed by atoms with Crippen LogP contribution in [0.2, 0.25) is 0 Å². The number of nitrogens with two attached hydrogens (primary N) is 2. The summed E-state index contributed by atoms with van der Waals surface area (Å²) in [5, 5.41) is 3.83. The molecule has 0 fully saturated rings. The highest BCUT2D eigenvalue weighted by Gasteiger charge is 2.23. The lowest BCUT2D eigenvalue weighted by Gasteiger charge is -2.18. The Kier molecular flexibility index (Phi) is 3.15. The minimum Gasteiger partial charge on any atom is -0.452 e. The third-order valence-corrected chi connectivity index (χ3v) is 4.10. The average molecular weight is 430 g/mol. The van der Waals surface area contributed by atoms with Gasteiger partial charge in [0.25, 0.3) is 0 Å². The molecule has 31 heavy (non-hydrogen) atoms. The molecule has 0 unspecified atom stereocenters. The van der Waals surface area contributed by atoms with Gasteiger partial charge in [-0.2, -0.15) is 5.10 Å². The van der Waals surface area contributed by atoms with Crippen molar-refractivity contribution in [3.05, 3.63) is 53.9 Å². The zero-order chi connectivity index (χ0) is 29.0. The van der Waals surface area contributed by atoms with Gasteiger partial charge in [0.15, 0.2) is 23.1 Å². The van der Waals surface area contributed by atoms with Crippen molar-refractivity contribution in [3.63, 3.8) is 0 Å². The SMILES string of the molecule is [2H]c1nc2c(c(-c3nc(N)c(N(C(=O)OC)C([2H])([2H])[2H])c(N)n3)nn2C([2H])([2H])c2ccccc2F)c([2H])c1[2H]. The Morgan fingerprint density at radius 1 is 1.35 bits per heavy atom. The topological polar surface area (TPSA) is 138 Å². The highest BCUT2D eigenvalue weighted by atomic mass is 19.1. The fourth-order valence-electron chi connectivity index (χ4n) is 2.71. The number of carbonyl (C=O) groups is 1. The number of hydrogen-bond donors (Lipinski definition) is 2. The van der Waals surface area contributed by atoms with E-state index in [0.29, 0.717) is 4.68 Å². The zero-order valence-corrected chi connectivity index (χ0v) is 15.8. The van der Waals surface area contributed by atoms with E-state index in [-0.39, 0.29) is 16.0 Å². The smallest absolute Gasteiger partial charge is 0.413 e. The van der Waals surface area contributed by atoms with Gasteiger partial charge in [-0.3, -0.25) is 4.90 Å². The van der Waals surface area contributed by atoms with Gasteiger partial charge in [-0.1, -0.05) is 18.2 Å². The highest BCUT2D eigenvalue weighted by molar-refractivity contribution is 5.96. The number of ether oxygens (including phenoxy) is 1. The minimum absolute atomic E-state index is 0.167. The van der Waals surface area contributed by atoms with Crippen LogP contribution in [0.25, 0.3) is 22.6 Å². The molecule has 0 saturated heterocycles. The summed E-state index contributed by atoms with van der Waals surface area (Å²) in [6, 6.07) is 3.72. The largest absolute Gasteiger partial charge is 0.452 e. The molecule has 0 bridgehead atoms. The van der Waals surface area contributed by atoms with Crippen LogP contribution in [0.15, 0.2) is 42.5 Å². The molecule has 3 heterocycles. The molecule has 4 aromatic rings. The lowest BCUT2D eigenvalue weighted by molar-refractivity contribution is 0.180. The van der Waals surface area contributed by atoms with Gasteiger partial charge < -0.3 is 16.2 Å². The summed E-state index contributed by atoms with van der Waals surface area (Å²) < 4.78 is 84.3. The number of pyridine rings is 1. The number of benzene rings is 1. The Morgan fingerprint density at radius 2 is 2.10 bits per heavy atom. The van der Waals surface area contributed by atoms with Crippen molar-refractivity contribution in [2.75, 3.05) is 30.5 Å². The molecule has 0 aliphatic carbocycles. The summed E-state index contributed by atoms with van der Waals surface area (Å²) in [6.45, 7) is -5.83. The predicted octanol–water partition coefficient (Wildman–Crippen LogP) is 2.44. The summed E-state index contributed by atoms with van der Waals surface area (Å²) in [7, 11) is 0.937. The van der Waals surface area contributed by atoms with Crippen molar-refractivity contribution < 1.29 is 24.9 Å². The van der Waals surface area contributed by atoms with E-state index < -0.39 is 78.0 Å². The van der Waals surface area contributed by atoms with Gasteiger partial charge in [0, 0.05) is 22.8 Å². The standard InChI is InChI=1S/C20H19FN8O2/c1-28(20(30)31-2)15-16(22)25-18(26-17(15)23)14-12-7-5-9-24-19(12)29(27-14)10-11-6-3-4-8-13(11)21/h3-9H,10H2,1-2H3,(H4,22,23,25,26)/i1D3,5D,7D,9D,10D2. The van der Waals surface area contributed by atoms with Crippen LogP contribution >= 0.6 is 0 Å². The molecule has 4 rings (SSSR count). The quantitative estimate of drug-likeness (QED) is 0.503. The minimum atomic E-state index is -3.10. The van der Waals surface area contributed by atoms with Gasteiger partial charge in [-0.05, 0) is 18.2 Å². The molecular formula is C20H19FN8O2. The molecule has 158 valence electrons. The molecule has 0 aliphatic heterocycles. The first-order chi connectivity index (χ1) is 18.1. The van der Waals surface area contributed by atoms with E-state index in [4.69, 9.17) is 22.4 Å². The number of amides is 1. The lowest BCUT2D eigenvalue weighted by atomic mass is 10.2. The molecule has 0 spiro atoms. The molecule has 4 N–H and O–H groups in total. The van der Waals surface area contributed by atoms with Crippen LogP contribution < -0.4 is 16.4 Å². The third-order valence-electron chi connectivity index (χ3n) is 4.10. The number of anilines is 3. The maximum atomic E-state index is 14.6. The fourth-order valence-corrected chi connectivity index (χ4v) is 2.71. The lowest BCUT2D eigenvalue weighted by Crippen LogP contribution is -2.28. The van der Waals surface area contributed by atoms with E-state index in [1.165, 1.54) is 18.2 Å². The summed E-state index contributed by atoms with van der Waals surface area (Å²) in [6.07, 6.45) is -2.01. The summed E-state index contributed by atoms with van der Waals surface area (Å²) >= 11 is 0. The van der Waals surface area contributed by atoms with Crippen LogP contribution in [0.4, 0.5) is 26.5 Å². The Hall–Kier alpha value is -4.28. The van der Waals surface area contributed by atoms with Crippen molar-refractivity contribution in [1.29, 1.82) is 0 Å². The number of methoxy groups -OCH3 is 1. The second kappa shape index (κ2) is 7.86. The van der Waals surface area contributed by atoms with Crippen molar-refractivity contribution in [3.8, 4) is 11.5 Å². The predicted molar refractivity (Wildman–Crippen MR) is 114 cm³/mol. The molecule has 0 radical (unpaired) electrons. The van der Waals surface area contributed by atoms with Gasteiger partial charge in [0.1, 0.15) is 17.2 Å². The zero-order valence-electron chi connectivity index (χ0n) is 23.8. The Bertz CT molecular complexity index is 1600. The van der Waals surface area contributed by atoms with E-state index >= 15 is 0 Å². The molecule has 3 aromatic heterocycles. The number of aromatic nitrogens is 5. The Labute approximate surface area is 187 Å². The molecule has 1 amide bonds. The fraction of sp³-hybridized carbons (Fsp3) is 0.150. The molecule has 0 aliphatic rings. The van der Waals surface area contributed by atoms with Gasteiger partial charge in [0.05, 0.1) is 25.8 Å². The van der Waals surface area contributed by atoms with Crippen molar-refractivity contribution in [1.82, 2.24) is 24.7 Å². The number of nitrogens with zero attached hydrogens (tertiary/aromatic N) is 6. The van der Waals surface area contributed by atoms with Crippen LogP contribution in [0.5, 0.6) is 0 Å². The highest BCUT2D eigenvalue weighted by Crippen LogP contribution is 2.32. The van der Waals surface area contributed by atoms with E-state index in [1.807, 2.05) is 0 Å². The third kappa shape index (κ3) is 3.56. The summed E-state index contributed by atoms with van der Waals surface area (Å²) in [4.78, 5) is 24.2. The van der Waals surface area contributed by atoms with Crippen molar-refractivity contribution in [2.45, 2.75) is 6.50 Å². The van der Waals surface area contributed by atoms with Crippen LogP contribution in [-0.4, -0.2) is 44.9 Å². The number of rotatable bonds is 4. The van der Waals surface area contributed by atoms with Crippen LogP contribution in [0.1, 0.15) is 16.5 Å². The second-order valence-electron chi connectivity index (χ2n) is 6.00. The van der Waals surface area contributed by atoms with Crippen LogP contribution in [0.3, 0.4) is 0 Å².